The molecule has 2 nitrogen and oxygen atoms in total. The van der Waals surface area contributed by atoms with E-state index in [4.69, 9.17) is 0 Å². The number of aliphatic hydroxyl groups excluding tert-OH is 1. The summed E-state index contributed by atoms with van der Waals surface area (Å²) < 4.78 is 0. The first-order valence-electron chi connectivity index (χ1n) is 5.58. The lowest BCUT2D eigenvalue weighted by atomic mass is 9.56. The van der Waals surface area contributed by atoms with Crippen LogP contribution < -0.4 is 0 Å². The van der Waals surface area contributed by atoms with E-state index in [2.05, 4.69) is 6.92 Å². The largest absolute Gasteiger partial charge is 0.389 e. The van der Waals surface area contributed by atoms with E-state index >= 15 is 0 Å². The van der Waals surface area contributed by atoms with Crippen LogP contribution in [0.5, 0.6) is 0 Å². The number of rotatable bonds is 2. The highest BCUT2D eigenvalue weighted by Crippen LogP contribution is 2.51. The van der Waals surface area contributed by atoms with Gasteiger partial charge in [-0.2, -0.15) is 0 Å². The van der Waals surface area contributed by atoms with Crippen LogP contribution in [0.3, 0.4) is 0 Å². The molecule has 4 atom stereocenters. The van der Waals surface area contributed by atoms with Gasteiger partial charge >= 0.3 is 0 Å². The second kappa shape index (κ2) is 3.62. The van der Waals surface area contributed by atoms with E-state index in [0.717, 1.165) is 12.0 Å². The van der Waals surface area contributed by atoms with Crippen LogP contribution in [0.4, 0.5) is 0 Å². The fraction of sp³-hybridized carbons (Fsp3) is 0.538. The van der Waals surface area contributed by atoms with E-state index in [-0.39, 0.29) is 11.8 Å². The first kappa shape index (κ1) is 10.7. The molecule has 15 heavy (non-hydrogen) atoms. The summed E-state index contributed by atoms with van der Waals surface area (Å²) in [5.74, 6) is 0.343. The van der Waals surface area contributed by atoms with Crippen molar-refractivity contribution in [3.8, 4) is 0 Å². The summed E-state index contributed by atoms with van der Waals surface area (Å²) in [5, 5.41) is 20.5. The maximum atomic E-state index is 10.5. The lowest BCUT2D eigenvalue weighted by Gasteiger charge is -2.55. The van der Waals surface area contributed by atoms with Crippen LogP contribution in [0.2, 0.25) is 0 Å². The molecular weight excluding hydrogens is 188 g/mol. The first-order valence-corrected chi connectivity index (χ1v) is 5.58. The highest BCUT2D eigenvalue weighted by molar-refractivity contribution is 5.29. The Hall–Kier alpha value is -0.860. The maximum absolute atomic E-state index is 10.5. The van der Waals surface area contributed by atoms with Crippen molar-refractivity contribution in [2.24, 2.45) is 11.8 Å². The molecule has 0 bridgehead atoms. The van der Waals surface area contributed by atoms with Crippen molar-refractivity contribution in [3.63, 3.8) is 0 Å². The predicted molar refractivity (Wildman–Crippen MR) is 59.3 cm³/mol. The Bertz CT molecular complexity index is 324. The van der Waals surface area contributed by atoms with Gasteiger partial charge in [-0.1, -0.05) is 50.6 Å². The normalized spacial score (nSPS) is 39.9. The minimum atomic E-state index is -1.04. The van der Waals surface area contributed by atoms with Crippen molar-refractivity contribution < 1.29 is 10.2 Å². The summed E-state index contributed by atoms with van der Waals surface area (Å²) in [6.45, 7) is 4.06. The quantitative estimate of drug-likeness (QED) is 0.776. The molecule has 1 aliphatic carbocycles. The van der Waals surface area contributed by atoms with Gasteiger partial charge in [0, 0.05) is 0 Å². The molecule has 1 aliphatic rings. The Morgan fingerprint density at radius 2 is 1.87 bits per heavy atom. The second-order valence-electron chi connectivity index (χ2n) is 4.50. The molecule has 2 N–H and O–H groups in total. The summed E-state index contributed by atoms with van der Waals surface area (Å²) in [4.78, 5) is 0. The van der Waals surface area contributed by atoms with E-state index < -0.39 is 11.7 Å². The molecule has 1 saturated carbocycles. The minimum Gasteiger partial charge on any atom is -0.389 e. The molecule has 0 saturated heterocycles. The van der Waals surface area contributed by atoms with Gasteiger partial charge in [0.25, 0.3) is 0 Å². The highest BCUT2D eigenvalue weighted by Gasteiger charge is 2.58. The van der Waals surface area contributed by atoms with Gasteiger partial charge in [-0.15, -0.1) is 0 Å². The fourth-order valence-electron chi connectivity index (χ4n) is 2.79. The summed E-state index contributed by atoms with van der Waals surface area (Å²) >= 11 is 0. The molecule has 1 aromatic rings. The molecule has 0 radical (unpaired) electrons. The van der Waals surface area contributed by atoms with E-state index in [1.807, 2.05) is 37.3 Å². The Morgan fingerprint density at radius 3 is 2.33 bits per heavy atom. The van der Waals surface area contributed by atoms with Gasteiger partial charge in [-0.3, -0.25) is 0 Å². The van der Waals surface area contributed by atoms with Crippen LogP contribution in [-0.2, 0) is 5.60 Å². The third-order valence-corrected chi connectivity index (χ3v) is 3.90. The van der Waals surface area contributed by atoms with Crippen LogP contribution in [0.25, 0.3) is 0 Å². The van der Waals surface area contributed by atoms with E-state index in [0.29, 0.717) is 0 Å². The van der Waals surface area contributed by atoms with E-state index in [1.54, 1.807) is 0 Å². The van der Waals surface area contributed by atoms with Gasteiger partial charge < -0.3 is 10.2 Å². The van der Waals surface area contributed by atoms with E-state index in [9.17, 15) is 10.2 Å². The molecule has 1 fully saturated rings. The lowest BCUT2D eigenvalue weighted by molar-refractivity contribution is -0.237. The Kier molecular flexibility index (Phi) is 2.57. The summed E-state index contributed by atoms with van der Waals surface area (Å²) in [5.41, 5.74) is -0.211. The Morgan fingerprint density at radius 1 is 1.27 bits per heavy atom. The molecule has 0 spiro atoms. The van der Waals surface area contributed by atoms with Gasteiger partial charge in [0.05, 0.1) is 6.10 Å². The first-order chi connectivity index (χ1) is 7.12. The van der Waals surface area contributed by atoms with Gasteiger partial charge in [0.15, 0.2) is 0 Å². The van der Waals surface area contributed by atoms with Gasteiger partial charge in [-0.05, 0) is 17.4 Å². The summed E-state index contributed by atoms with van der Waals surface area (Å²) in [6.07, 6.45) is 0.289. The summed E-state index contributed by atoms with van der Waals surface area (Å²) in [7, 11) is 0. The van der Waals surface area contributed by atoms with Gasteiger partial charge in [-0.25, -0.2) is 0 Å². The number of hydrogen-bond donors (Lipinski definition) is 2. The highest BCUT2D eigenvalue weighted by atomic mass is 16.3. The van der Waals surface area contributed by atoms with Crippen molar-refractivity contribution in [2.45, 2.75) is 32.0 Å². The standard InChI is InChI=1S/C13H18O2/c1-3-11-9(2)13(15,12(11)14)10-7-5-4-6-8-10/h4-9,11-12,14-15H,3H2,1-2H3/t9-,11-,12+,13+/m1/s1. The van der Waals surface area contributed by atoms with Crippen LogP contribution in [0.15, 0.2) is 30.3 Å². The van der Waals surface area contributed by atoms with Crippen molar-refractivity contribution in [2.75, 3.05) is 0 Å². The lowest BCUT2D eigenvalue weighted by Crippen LogP contribution is -2.62. The SMILES string of the molecule is CC[C@@H]1[C@@H](C)[C@](O)(c2ccccc2)[C@H]1O. The minimum absolute atomic E-state index is 0.125. The molecule has 2 rings (SSSR count). The molecule has 0 unspecified atom stereocenters. The topological polar surface area (TPSA) is 40.5 Å². The van der Waals surface area contributed by atoms with Gasteiger partial charge in [0.2, 0.25) is 0 Å². The molecule has 0 aliphatic heterocycles. The smallest absolute Gasteiger partial charge is 0.119 e. The fourth-order valence-corrected chi connectivity index (χ4v) is 2.79. The van der Waals surface area contributed by atoms with Gasteiger partial charge in [0.1, 0.15) is 5.60 Å². The molecule has 2 heteroatoms. The molecule has 0 amide bonds. The molecule has 0 heterocycles. The monoisotopic (exact) mass is 206 g/mol. The Balaban J connectivity index is 2.30. The maximum Gasteiger partial charge on any atom is 0.119 e. The van der Waals surface area contributed by atoms with Crippen LogP contribution in [0, 0.1) is 11.8 Å². The molecular formula is C13H18O2. The number of aliphatic hydroxyl groups is 2. The van der Waals surface area contributed by atoms with Crippen molar-refractivity contribution in [3.05, 3.63) is 35.9 Å². The average Bonchev–Trinajstić information content (AvgIpc) is 2.30. The molecule has 1 aromatic carbocycles. The van der Waals surface area contributed by atoms with Crippen LogP contribution in [-0.4, -0.2) is 16.3 Å². The van der Waals surface area contributed by atoms with Crippen molar-refractivity contribution >= 4 is 0 Å². The second-order valence-corrected chi connectivity index (χ2v) is 4.50. The third kappa shape index (κ3) is 1.32. The molecule has 0 aromatic heterocycles. The zero-order valence-electron chi connectivity index (χ0n) is 9.22. The zero-order valence-corrected chi connectivity index (χ0v) is 9.22. The average molecular weight is 206 g/mol. The summed E-state index contributed by atoms with van der Waals surface area (Å²) in [6, 6.07) is 9.47. The van der Waals surface area contributed by atoms with E-state index in [1.165, 1.54) is 0 Å². The zero-order chi connectivity index (χ0) is 11.1. The van der Waals surface area contributed by atoms with Crippen LogP contribution in [0.1, 0.15) is 25.8 Å². The number of hydrogen-bond acceptors (Lipinski definition) is 2. The van der Waals surface area contributed by atoms with Crippen molar-refractivity contribution in [1.29, 1.82) is 0 Å². The Labute approximate surface area is 90.6 Å². The van der Waals surface area contributed by atoms with Crippen molar-refractivity contribution in [1.82, 2.24) is 0 Å². The van der Waals surface area contributed by atoms with Crippen LogP contribution >= 0.6 is 0 Å². The third-order valence-electron chi connectivity index (χ3n) is 3.90. The number of benzene rings is 1. The molecule has 82 valence electrons. The predicted octanol–water partition coefficient (Wildman–Crippen LogP) is 1.91.